The normalized spacial score (nSPS) is 13.4. The number of halogens is 1. The maximum atomic E-state index is 12.9. The first-order valence-corrected chi connectivity index (χ1v) is 16.2. The second-order valence-electron chi connectivity index (χ2n) is 9.28. The Morgan fingerprint density at radius 2 is 1.82 bits per heavy atom. The standard InChI is InChI=1S/C27H29IN4O3S.C2H4O2/c1-19-6-7-25(23(16-19)24-18-30(2)27(33)26-22(24)8-11-32(26)36-28)35-21-5-3-4-20(17-21)34-15-14-31-12-9-29-10-13-31;1-4-2-3/h3-8,11,16-18,29H,9-10,12-15H2,1-2H3;2H,1H3. The van der Waals surface area contributed by atoms with Crippen LogP contribution in [0.1, 0.15) is 5.56 Å². The van der Waals surface area contributed by atoms with Crippen molar-refractivity contribution < 1.29 is 19.0 Å². The van der Waals surface area contributed by atoms with Gasteiger partial charge in [0.05, 0.1) is 7.11 Å². The smallest absolute Gasteiger partial charge is 0.292 e. The van der Waals surface area contributed by atoms with Crippen molar-refractivity contribution in [3.05, 3.63) is 76.8 Å². The van der Waals surface area contributed by atoms with Gasteiger partial charge in [-0.2, -0.15) is 0 Å². The van der Waals surface area contributed by atoms with E-state index in [1.807, 2.05) is 58.8 Å². The molecule has 0 aliphatic carbocycles. The molecule has 0 saturated carbocycles. The predicted molar refractivity (Wildman–Crippen MR) is 169 cm³/mol. The fourth-order valence-corrected chi connectivity index (χ4v) is 5.86. The van der Waals surface area contributed by atoms with Crippen LogP contribution in [0, 0.1) is 6.92 Å². The molecule has 11 heteroatoms. The number of rotatable bonds is 9. The van der Waals surface area contributed by atoms with Gasteiger partial charge < -0.3 is 24.1 Å². The van der Waals surface area contributed by atoms with Crippen LogP contribution in [-0.2, 0) is 16.6 Å². The SMILES string of the molecule is COC=O.Cc1ccc(Oc2cccc(OCCN3CCNCC3)c2)c(-c2cn(C)c(=O)c3c2ccn3SI)c1. The topological polar surface area (TPSA) is 87.0 Å². The van der Waals surface area contributed by atoms with E-state index in [1.54, 1.807) is 11.6 Å². The molecular weight excluding hydrogens is 643 g/mol. The van der Waals surface area contributed by atoms with Crippen LogP contribution in [0.4, 0.5) is 0 Å². The van der Waals surface area contributed by atoms with Crippen molar-refractivity contribution in [3.8, 4) is 28.4 Å². The van der Waals surface area contributed by atoms with Crippen LogP contribution >= 0.6 is 30.3 Å². The molecule has 9 nitrogen and oxygen atoms in total. The quantitative estimate of drug-likeness (QED) is 0.195. The summed E-state index contributed by atoms with van der Waals surface area (Å²) < 4.78 is 19.8. The lowest BCUT2D eigenvalue weighted by Crippen LogP contribution is -2.44. The molecule has 4 aromatic rings. The van der Waals surface area contributed by atoms with E-state index < -0.39 is 0 Å². The van der Waals surface area contributed by atoms with E-state index in [0.717, 1.165) is 66.3 Å². The summed E-state index contributed by atoms with van der Waals surface area (Å²) in [6.45, 7) is 8.17. The summed E-state index contributed by atoms with van der Waals surface area (Å²) in [7, 11) is 4.58. The monoisotopic (exact) mass is 676 g/mol. The molecule has 1 aliphatic rings. The zero-order chi connectivity index (χ0) is 28.5. The number of carbonyl (C=O) groups is 1. The minimum Gasteiger partial charge on any atom is -0.492 e. The Morgan fingerprint density at radius 3 is 2.55 bits per heavy atom. The third kappa shape index (κ3) is 7.39. The number of nitrogens with zero attached hydrogens (tertiary/aromatic N) is 3. The van der Waals surface area contributed by atoms with Crippen molar-refractivity contribution in [2.45, 2.75) is 6.92 Å². The van der Waals surface area contributed by atoms with Crippen molar-refractivity contribution in [2.75, 3.05) is 46.4 Å². The average Bonchev–Trinajstić information content (AvgIpc) is 3.41. The fraction of sp³-hybridized carbons (Fsp3) is 0.310. The summed E-state index contributed by atoms with van der Waals surface area (Å²) in [6, 6.07) is 15.9. The zero-order valence-electron chi connectivity index (χ0n) is 22.8. The molecule has 2 aromatic heterocycles. The van der Waals surface area contributed by atoms with Crippen LogP contribution in [0.2, 0.25) is 0 Å². The molecule has 5 rings (SSSR count). The number of hydrogen-bond acceptors (Lipinski definition) is 8. The van der Waals surface area contributed by atoms with E-state index in [4.69, 9.17) is 14.3 Å². The average molecular weight is 677 g/mol. The van der Waals surface area contributed by atoms with Crippen molar-refractivity contribution >= 4 is 47.7 Å². The number of hydrogen-bond donors (Lipinski definition) is 1. The highest BCUT2D eigenvalue weighted by molar-refractivity contribution is 14.2. The number of ether oxygens (including phenoxy) is 3. The Kier molecular flexibility index (Phi) is 10.9. The minimum atomic E-state index is -0.0243. The summed E-state index contributed by atoms with van der Waals surface area (Å²) in [5.41, 5.74) is 3.66. The van der Waals surface area contributed by atoms with Crippen LogP contribution in [-0.4, -0.2) is 66.4 Å². The van der Waals surface area contributed by atoms with Gasteiger partial charge in [0.15, 0.2) is 0 Å². The summed E-state index contributed by atoms with van der Waals surface area (Å²) in [6.07, 6.45) is 3.83. The molecule has 0 spiro atoms. The van der Waals surface area contributed by atoms with Gasteiger partial charge in [-0.1, -0.05) is 17.7 Å². The van der Waals surface area contributed by atoms with Gasteiger partial charge in [-0.15, -0.1) is 0 Å². The molecule has 40 heavy (non-hydrogen) atoms. The Labute approximate surface area is 250 Å². The second kappa shape index (κ2) is 14.6. The van der Waals surface area contributed by atoms with E-state index in [9.17, 15) is 4.79 Å². The van der Waals surface area contributed by atoms with E-state index >= 15 is 0 Å². The summed E-state index contributed by atoms with van der Waals surface area (Å²) in [4.78, 5) is 24.3. The molecule has 3 heterocycles. The van der Waals surface area contributed by atoms with Crippen LogP contribution in [0.3, 0.4) is 0 Å². The first kappa shape index (κ1) is 30.0. The first-order chi connectivity index (χ1) is 19.4. The molecule has 1 saturated heterocycles. The van der Waals surface area contributed by atoms with Gasteiger partial charge in [0, 0.05) is 105 Å². The van der Waals surface area contributed by atoms with Crippen molar-refractivity contribution in [1.82, 2.24) is 18.8 Å². The van der Waals surface area contributed by atoms with Gasteiger partial charge in [0.1, 0.15) is 29.4 Å². The van der Waals surface area contributed by atoms with Crippen LogP contribution in [0.25, 0.3) is 22.0 Å². The molecule has 2 aromatic carbocycles. The van der Waals surface area contributed by atoms with Crippen molar-refractivity contribution in [1.29, 1.82) is 0 Å². The number of piperazine rings is 1. The van der Waals surface area contributed by atoms with Crippen LogP contribution in [0.15, 0.2) is 65.7 Å². The lowest BCUT2D eigenvalue weighted by Gasteiger charge is -2.26. The number of methoxy groups -OCH3 is 1. The molecule has 212 valence electrons. The van der Waals surface area contributed by atoms with Gasteiger partial charge in [-0.3, -0.25) is 18.5 Å². The molecular formula is C29H33IN4O5S. The highest BCUT2D eigenvalue weighted by atomic mass is 127. The molecule has 0 amide bonds. The first-order valence-electron chi connectivity index (χ1n) is 12.9. The third-order valence-corrected chi connectivity index (χ3v) is 8.23. The number of pyridine rings is 1. The second-order valence-corrected chi connectivity index (χ2v) is 11.0. The van der Waals surface area contributed by atoms with Gasteiger partial charge in [0.25, 0.3) is 12.0 Å². The van der Waals surface area contributed by atoms with Crippen LogP contribution in [0.5, 0.6) is 17.2 Å². The maximum absolute atomic E-state index is 12.9. The minimum absolute atomic E-state index is 0.0243. The number of carbonyl (C=O) groups excluding carboxylic acids is 1. The van der Waals surface area contributed by atoms with Gasteiger partial charge in [-0.05, 0) is 37.3 Å². The van der Waals surface area contributed by atoms with E-state index in [0.29, 0.717) is 24.3 Å². The molecule has 1 N–H and O–H groups in total. The molecule has 1 fully saturated rings. The Balaban J connectivity index is 0.000000867. The number of nitrogens with one attached hydrogen (secondary N) is 1. The molecule has 0 radical (unpaired) electrons. The van der Waals surface area contributed by atoms with Gasteiger partial charge >= 0.3 is 0 Å². The van der Waals surface area contributed by atoms with E-state index in [-0.39, 0.29) is 5.56 Å². The Morgan fingerprint density at radius 1 is 1.07 bits per heavy atom. The van der Waals surface area contributed by atoms with E-state index in [1.165, 1.54) is 16.2 Å². The lowest BCUT2D eigenvalue weighted by molar-refractivity contribution is -0.126. The highest BCUT2D eigenvalue weighted by Gasteiger charge is 2.17. The highest BCUT2D eigenvalue weighted by Crippen LogP contribution is 2.38. The summed E-state index contributed by atoms with van der Waals surface area (Å²) in [5.74, 6) is 2.23. The molecule has 0 bridgehead atoms. The molecule has 0 atom stereocenters. The van der Waals surface area contributed by atoms with E-state index in [2.05, 4.69) is 49.1 Å². The largest absolute Gasteiger partial charge is 0.492 e. The van der Waals surface area contributed by atoms with Gasteiger partial charge in [0.2, 0.25) is 0 Å². The van der Waals surface area contributed by atoms with Crippen molar-refractivity contribution in [3.63, 3.8) is 0 Å². The Bertz CT molecular complexity index is 1500. The summed E-state index contributed by atoms with van der Waals surface area (Å²) in [5, 5.41) is 4.28. The molecule has 1 aliphatic heterocycles. The molecule has 0 unspecified atom stereocenters. The number of fused-ring (bicyclic) bond motifs is 1. The number of benzene rings is 2. The fourth-order valence-electron chi connectivity index (χ4n) is 4.53. The van der Waals surface area contributed by atoms with Gasteiger partial charge in [-0.25, -0.2) is 0 Å². The number of aryl methyl sites for hydroxylation is 2. The predicted octanol–water partition coefficient (Wildman–Crippen LogP) is 5.03. The van der Waals surface area contributed by atoms with Crippen molar-refractivity contribution in [2.24, 2.45) is 7.05 Å². The zero-order valence-corrected chi connectivity index (χ0v) is 25.7. The Hall–Kier alpha value is -3.00. The summed E-state index contributed by atoms with van der Waals surface area (Å²) >= 11 is 2.19. The van der Waals surface area contributed by atoms with Crippen LogP contribution < -0.4 is 20.3 Å². The number of aromatic nitrogens is 2. The lowest BCUT2D eigenvalue weighted by atomic mass is 10.0. The third-order valence-electron chi connectivity index (χ3n) is 6.50. The maximum Gasteiger partial charge on any atom is 0.292 e.